The molecule has 2 rings (SSSR count). The highest BCUT2D eigenvalue weighted by molar-refractivity contribution is 5.12. The van der Waals surface area contributed by atoms with E-state index in [0.29, 0.717) is 5.92 Å². The van der Waals surface area contributed by atoms with Crippen molar-refractivity contribution in [3.05, 3.63) is 11.6 Å². The summed E-state index contributed by atoms with van der Waals surface area (Å²) in [5.41, 5.74) is 6.07. The molecule has 2 N–H and O–H groups in total. The van der Waals surface area contributed by atoms with Gasteiger partial charge in [-0.3, -0.25) is 0 Å². The van der Waals surface area contributed by atoms with Crippen LogP contribution in [0.5, 0.6) is 0 Å². The Morgan fingerprint density at radius 2 is 2.13 bits per heavy atom. The van der Waals surface area contributed by atoms with Gasteiger partial charge in [0.1, 0.15) is 5.82 Å². The normalized spacial score (nSPS) is 20.3. The molecule has 1 aromatic heterocycles. The average molecular weight is 208 g/mol. The van der Waals surface area contributed by atoms with Crippen molar-refractivity contribution >= 4 is 0 Å². The van der Waals surface area contributed by atoms with E-state index in [1.54, 1.807) is 0 Å². The second-order valence-electron chi connectivity index (χ2n) is 4.78. The fourth-order valence-electron chi connectivity index (χ4n) is 2.14. The zero-order valence-corrected chi connectivity index (χ0v) is 9.82. The van der Waals surface area contributed by atoms with Crippen LogP contribution in [0, 0.1) is 12.8 Å². The van der Waals surface area contributed by atoms with E-state index in [2.05, 4.69) is 28.6 Å². The average Bonchev–Trinajstić information content (AvgIpc) is 2.95. The smallest absolute Gasteiger partial charge is 0.153 e. The molecule has 1 aromatic rings. The lowest BCUT2D eigenvalue weighted by molar-refractivity contribution is 0.377. The maximum absolute atomic E-state index is 6.36. The van der Waals surface area contributed by atoms with Crippen LogP contribution in [0.2, 0.25) is 0 Å². The highest BCUT2D eigenvalue weighted by Gasteiger charge is 2.43. The van der Waals surface area contributed by atoms with E-state index >= 15 is 0 Å². The number of hydrogen-bond acceptors (Lipinski definition) is 3. The zero-order chi connectivity index (χ0) is 11.1. The third-order valence-electron chi connectivity index (χ3n) is 3.29. The number of aromatic nitrogens is 3. The molecule has 0 amide bonds. The quantitative estimate of drug-likeness (QED) is 0.817. The number of nitrogens with zero attached hydrogens (tertiary/aromatic N) is 3. The van der Waals surface area contributed by atoms with Gasteiger partial charge in [-0.1, -0.05) is 6.92 Å². The van der Waals surface area contributed by atoms with Gasteiger partial charge in [0.25, 0.3) is 0 Å². The Hall–Kier alpha value is -0.900. The van der Waals surface area contributed by atoms with Gasteiger partial charge in [0, 0.05) is 6.54 Å². The summed E-state index contributed by atoms with van der Waals surface area (Å²) >= 11 is 0. The molecule has 1 aliphatic rings. The van der Waals surface area contributed by atoms with Crippen LogP contribution in [0.3, 0.4) is 0 Å². The highest BCUT2D eigenvalue weighted by atomic mass is 15.3. The van der Waals surface area contributed by atoms with Crippen LogP contribution in [-0.2, 0) is 12.1 Å². The van der Waals surface area contributed by atoms with E-state index < -0.39 is 0 Å². The van der Waals surface area contributed by atoms with Gasteiger partial charge in [0.05, 0.1) is 5.54 Å². The Bertz CT molecular complexity index is 349. The minimum Gasteiger partial charge on any atom is -0.319 e. The van der Waals surface area contributed by atoms with Gasteiger partial charge in [-0.2, -0.15) is 0 Å². The van der Waals surface area contributed by atoms with Crippen molar-refractivity contribution in [1.29, 1.82) is 0 Å². The number of rotatable bonds is 4. The van der Waals surface area contributed by atoms with E-state index in [9.17, 15) is 0 Å². The monoisotopic (exact) mass is 208 g/mol. The predicted molar refractivity (Wildman–Crippen MR) is 59.3 cm³/mol. The third kappa shape index (κ3) is 1.78. The van der Waals surface area contributed by atoms with Crippen molar-refractivity contribution in [2.24, 2.45) is 11.7 Å². The van der Waals surface area contributed by atoms with E-state index in [1.165, 1.54) is 12.8 Å². The number of hydrogen-bond donors (Lipinski definition) is 1. The van der Waals surface area contributed by atoms with E-state index in [1.807, 2.05) is 6.92 Å². The molecule has 0 saturated heterocycles. The van der Waals surface area contributed by atoms with Crippen LogP contribution < -0.4 is 5.73 Å². The largest absolute Gasteiger partial charge is 0.319 e. The third-order valence-corrected chi connectivity index (χ3v) is 3.29. The zero-order valence-electron chi connectivity index (χ0n) is 9.82. The van der Waals surface area contributed by atoms with Crippen LogP contribution >= 0.6 is 0 Å². The molecule has 0 bridgehead atoms. The molecule has 4 nitrogen and oxygen atoms in total. The molecule has 15 heavy (non-hydrogen) atoms. The molecule has 1 atom stereocenters. The van der Waals surface area contributed by atoms with Gasteiger partial charge in [0.2, 0.25) is 0 Å². The summed E-state index contributed by atoms with van der Waals surface area (Å²) in [4.78, 5) is 0. The molecule has 1 saturated carbocycles. The summed E-state index contributed by atoms with van der Waals surface area (Å²) in [7, 11) is 0. The first-order chi connectivity index (χ1) is 7.07. The minimum atomic E-state index is -0.295. The van der Waals surface area contributed by atoms with Gasteiger partial charge in [-0.15, -0.1) is 10.2 Å². The van der Waals surface area contributed by atoms with Crippen molar-refractivity contribution in [2.75, 3.05) is 0 Å². The Balaban J connectivity index is 2.33. The molecule has 0 aliphatic heterocycles. The summed E-state index contributed by atoms with van der Waals surface area (Å²) < 4.78 is 2.16. The maximum atomic E-state index is 6.36. The van der Waals surface area contributed by atoms with Crippen LogP contribution in [0.25, 0.3) is 0 Å². The fraction of sp³-hybridized carbons (Fsp3) is 0.818. The standard InChI is InChI=1S/C11H20N4/c1-4-7-15-8(2)13-14-10(15)11(3,12)9-5-6-9/h9H,4-7,12H2,1-3H3. The van der Waals surface area contributed by atoms with Crippen LogP contribution in [0.1, 0.15) is 44.8 Å². The van der Waals surface area contributed by atoms with Crippen molar-refractivity contribution in [1.82, 2.24) is 14.8 Å². The molecule has 1 fully saturated rings. The van der Waals surface area contributed by atoms with Gasteiger partial charge in [0.15, 0.2) is 5.82 Å². The van der Waals surface area contributed by atoms with Crippen LogP contribution in [0.15, 0.2) is 0 Å². The molecule has 84 valence electrons. The Morgan fingerprint density at radius 1 is 1.47 bits per heavy atom. The predicted octanol–water partition coefficient (Wildman–Crippen LogP) is 1.58. The van der Waals surface area contributed by atoms with E-state index in [0.717, 1.165) is 24.6 Å². The molecule has 1 heterocycles. The molecular weight excluding hydrogens is 188 g/mol. The Labute approximate surface area is 90.9 Å². The molecule has 0 spiro atoms. The van der Waals surface area contributed by atoms with Crippen LogP contribution in [-0.4, -0.2) is 14.8 Å². The lowest BCUT2D eigenvalue weighted by atomic mass is 9.96. The number of aryl methyl sites for hydroxylation is 1. The highest BCUT2D eigenvalue weighted by Crippen LogP contribution is 2.43. The summed E-state index contributed by atoms with van der Waals surface area (Å²) in [6.07, 6.45) is 3.54. The first-order valence-electron chi connectivity index (χ1n) is 5.76. The molecule has 1 unspecified atom stereocenters. The van der Waals surface area contributed by atoms with Crippen LogP contribution in [0.4, 0.5) is 0 Å². The summed E-state index contributed by atoms with van der Waals surface area (Å²) in [6, 6.07) is 0. The van der Waals surface area contributed by atoms with Gasteiger partial charge in [-0.25, -0.2) is 0 Å². The first-order valence-corrected chi connectivity index (χ1v) is 5.76. The van der Waals surface area contributed by atoms with Gasteiger partial charge >= 0.3 is 0 Å². The lowest BCUT2D eigenvalue weighted by Crippen LogP contribution is -2.38. The van der Waals surface area contributed by atoms with Crippen molar-refractivity contribution in [3.8, 4) is 0 Å². The first kappa shape index (κ1) is 10.6. The second-order valence-corrected chi connectivity index (χ2v) is 4.78. The van der Waals surface area contributed by atoms with Gasteiger partial charge in [-0.05, 0) is 39.0 Å². The Morgan fingerprint density at radius 3 is 2.67 bits per heavy atom. The SMILES string of the molecule is CCCn1c(C)nnc1C(C)(N)C1CC1. The molecule has 0 aromatic carbocycles. The van der Waals surface area contributed by atoms with Crippen molar-refractivity contribution in [3.63, 3.8) is 0 Å². The second kappa shape index (κ2) is 3.59. The van der Waals surface area contributed by atoms with E-state index in [-0.39, 0.29) is 5.54 Å². The Kier molecular flexibility index (Phi) is 2.54. The maximum Gasteiger partial charge on any atom is 0.153 e. The topological polar surface area (TPSA) is 56.7 Å². The fourth-order valence-corrected chi connectivity index (χ4v) is 2.14. The van der Waals surface area contributed by atoms with Gasteiger partial charge < -0.3 is 10.3 Å². The van der Waals surface area contributed by atoms with E-state index in [4.69, 9.17) is 5.73 Å². The summed E-state index contributed by atoms with van der Waals surface area (Å²) in [6.45, 7) is 7.21. The lowest BCUT2D eigenvalue weighted by Gasteiger charge is -2.24. The molecule has 4 heteroatoms. The summed E-state index contributed by atoms with van der Waals surface area (Å²) in [5, 5.41) is 8.40. The van der Waals surface area contributed by atoms with Crippen molar-refractivity contribution in [2.45, 2.75) is 52.1 Å². The minimum absolute atomic E-state index is 0.295. The molecular formula is C11H20N4. The van der Waals surface area contributed by atoms with Crippen molar-refractivity contribution < 1.29 is 0 Å². The number of nitrogens with two attached hydrogens (primary N) is 1. The molecule has 1 aliphatic carbocycles. The summed E-state index contributed by atoms with van der Waals surface area (Å²) in [5.74, 6) is 2.53. The molecule has 0 radical (unpaired) electrons.